The fraction of sp³-hybridized carbons (Fsp3) is 0.357. The van der Waals surface area contributed by atoms with Crippen molar-refractivity contribution in [1.82, 2.24) is 9.78 Å². The molecule has 20 heavy (non-hydrogen) atoms. The number of nitrogens with zero attached hydrogens (tertiary/aromatic N) is 2. The number of rotatable bonds is 6. The van der Waals surface area contributed by atoms with Crippen molar-refractivity contribution in [3.63, 3.8) is 0 Å². The topological polar surface area (TPSA) is 43.8 Å². The molecule has 0 aliphatic carbocycles. The van der Waals surface area contributed by atoms with Gasteiger partial charge in [0.1, 0.15) is 5.82 Å². The number of benzene rings is 1. The number of hydrogen-bond acceptors (Lipinski definition) is 3. The first-order chi connectivity index (χ1) is 9.63. The van der Waals surface area contributed by atoms with Gasteiger partial charge in [0.15, 0.2) is 0 Å². The molecule has 0 fully saturated rings. The van der Waals surface area contributed by atoms with Gasteiger partial charge in [0.25, 0.3) is 0 Å². The molecule has 1 unspecified atom stereocenters. The first kappa shape index (κ1) is 15.5. The van der Waals surface area contributed by atoms with E-state index in [1.807, 2.05) is 10.7 Å². The van der Waals surface area contributed by atoms with Gasteiger partial charge in [-0.3, -0.25) is 4.68 Å². The average molecular weight is 358 g/mol. The molecule has 0 spiro atoms. The van der Waals surface area contributed by atoms with Crippen molar-refractivity contribution in [3.05, 3.63) is 46.4 Å². The van der Waals surface area contributed by atoms with Crippen molar-refractivity contribution in [3.8, 4) is 0 Å². The van der Waals surface area contributed by atoms with E-state index in [4.69, 9.17) is 5.73 Å². The van der Waals surface area contributed by atoms with Gasteiger partial charge in [-0.2, -0.15) is 5.10 Å². The Bertz CT molecular complexity index is 573. The van der Waals surface area contributed by atoms with Crippen molar-refractivity contribution in [2.75, 3.05) is 5.75 Å². The summed E-state index contributed by atoms with van der Waals surface area (Å²) in [5.41, 5.74) is 7.20. The summed E-state index contributed by atoms with van der Waals surface area (Å²) in [6.07, 6.45) is 2.76. The Hall–Kier alpha value is -0.850. The number of halogens is 2. The minimum Gasteiger partial charge on any atom is -0.322 e. The molecule has 0 aliphatic rings. The van der Waals surface area contributed by atoms with Gasteiger partial charge < -0.3 is 5.73 Å². The van der Waals surface area contributed by atoms with Gasteiger partial charge in [-0.05, 0) is 34.5 Å². The summed E-state index contributed by atoms with van der Waals surface area (Å²) in [7, 11) is 0. The van der Waals surface area contributed by atoms with Gasteiger partial charge in [0.05, 0.1) is 22.4 Å². The normalized spacial score (nSPS) is 12.6. The van der Waals surface area contributed by atoms with Gasteiger partial charge in [-0.25, -0.2) is 4.39 Å². The zero-order valence-electron chi connectivity index (χ0n) is 11.2. The third-order valence-corrected chi connectivity index (χ3v) is 4.65. The van der Waals surface area contributed by atoms with Crippen LogP contribution in [-0.2, 0) is 6.54 Å². The molecule has 1 heterocycles. The molecule has 0 radical (unpaired) electrons. The van der Waals surface area contributed by atoms with E-state index >= 15 is 0 Å². The molecule has 3 nitrogen and oxygen atoms in total. The summed E-state index contributed by atoms with van der Waals surface area (Å²) in [5.74, 6) is 0.403. The largest absolute Gasteiger partial charge is 0.322 e. The van der Waals surface area contributed by atoms with Crippen molar-refractivity contribution in [1.29, 1.82) is 0 Å². The highest BCUT2D eigenvalue weighted by Gasteiger charge is 2.17. The third kappa shape index (κ3) is 3.62. The van der Waals surface area contributed by atoms with Crippen LogP contribution in [0.4, 0.5) is 4.39 Å². The second-order valence-corrected chi connectivity index (χ2v) is 6.36. The van der Waals surface area contributed by atoms with E-state index < -0.39 is 0 Å². The molecule has 2 N–H and O–H groups in total. The first-order valence-corrected chi connectivity index (χ1v) is 8.25. The highest BCUT2D eigenvalue weighted by molar-refractivity contribution is 9.10. The fourth-order valence-electron chi connectivity index (χ4n) is 1.95. The maximum Gasteiger partial charge on any atom is 0.136 e. The molecule has 2 rings (SSSR count). The highest BCUT2D eigenvalue weighted by Crippen LogP contribution is 2.29. The molecule has 1 atom stereocenters. The van der Waals surface area contributed by atoms with Crippen LogP contribution in [0.25, 0.3) is 0 Å². The lowest BCUT2D eigenvalue weighted by Crippen LogP contribution is -2.19. The van der Waals surface area contributed by atoms with Crippen LogP contribution in [-0.4, -0.2) is 15.5 Å². The second-order valence-electron chi connectivity index (χ2n) is 4.45. The van der Waals surface area contributed by atoms with Crippen molar-refractivity contribution < 1.29 is 4.39 Å². The van der Waals surface area contributed by atoms with Crippen LogP contribution in [0.1, 0.15) is 25.1 Å². The summed E-state index contributed by atoms with van der Waals surface area (Å²) in [4.78, 5) is 0.626. The number of aromatic nitrogens is 2. The summed E-state index contributed by atoms with van der Waals surface area (Å²) in [5, 5.41) is 4.31. The molecule has 108 valence electrons. The predicted octanol–water partition coefficient (Wildman–Crippen LogP) is 3.99. The average Bonchev–Trinajstić information content (AvgIpc) is 2.79. The van der Waals surface area contributed by atoms with Crippen LogP contribution in [0.15, 0.2) is 39.8 Å². The molecule has 0 saturated carbocycles. The summed E-state index contributed by atoms with van der Waals surface area (Å²) in [6, 6.07) is 6.56. The maximum absolute atomic E-state index is 13.6. The second kappa shape index (κ2) is 7.24. The van der Waals surface area contributed by atoms with E-state index in [1.54, 1.807) is 18.3 Å². The molecule has 0 saturated heterocycles. The number of hydrogen-bond donors (Lipinski definition) is 1. The van der Waals surface area contributed by atoms with E-state index in [1.165, 1.54) is 17.8 Å². The lowest BCUT2D eigenvalue weighted by molar-refractivity contribution is 0.553. The minimum atomic E-state index is -0.203. The van der Waals surface area contributed by atoms with E-state index in [-0.39, 0.29) is 11.9 Å². The van der Waals surface area contributed by atoms with Crippen LogP contribution < -0.4 is 5.73 Å². The van der Waals surface area contributed by atoms with E-state index in [9.17, 15) is 4.39 Å². The molecular weight excluding hydrogens is 341 g/mol. The Kier molecular flexibility index (Phi) is 5.63. The fourth-order valence-corrected chi connectivity index (χ4v) is 3.44. The summed E-state index contributed by atoms with van der Waals surface area (Å²) >= 11 is 4.91. The van der Waals surface area contributed by atoms with Gasteiger partial charge in [0, 0.05) is 17.2 Å². The molecule has 1 aromatic heterocycles. The third-order valence-electron chi connectivity index (χ3n) is 2.87. The number of nitrogens with two attached hydrogens (primary N) is 1. The molecule has 2 aromatic rings. The zero-order valence-corrected chi connectivity index (χ0v) is 13.6. The van der Waals surface area contributed by atoms with Crippen LogP contribution in [0.5, 0.6) is 0 Å². The Morgan fingerprint density at radius 2 is 2.20 bits per heavy atom. The standard InChI is InChI=1S/C14H17BrFN3S/c1-2-7-19-14(10(15)8-18-19)12(17)9-20-13-6-4-3-5-11(13)16/h3-6,8,12H,2,7,9,17H2,1H3. The number of aryl methyl sites for hydroxylation is 1. The lowest BCUT2D eigenvalue weighted by Gasteiger charge is -2.14. The SMILES string of the molecule is CCCn1ncc(Br)c1C(N)CSc1ccccc1F. The van der Waals surface area contributed by atoms with Gasteiger partial charge >= 0.3 is 0 Å². The van der Waals surface area contributed by atoms with Gasteiger partial charge in [-0.1, -0.05) is 19.1 Å². The molecule has 0 amide bonds. The van der Waals surface area contributed by atoms with E-state index in [0.29, 0.717) is 10.6 Å². The molecule has 0 bridgehead atoms. The predicted molar refractivity (Wildman–Crippen MR) is 84.3 cm³/mol. The van der Waals surface area contributed by atoms with Crippen LogP contribution in [0, 0.1) is 5.82 Å². The minimum absolute atomic E-state index is 0.192. The lowest BCUT2D eigenvalue weighted by atomic mass is 10.2. The molecule has 1 aromatic carbocycles. The van der Waals surface area contributed by atoms with Crippen molar-refractivity contribution in [2.45, 2.75) is 30.8 Å². The monoisotopic (exact) mass is 357 g/mol. The Labute approximate surface area is 130 Å². The van der Waals surface area contributed by atoms with E-state index in [2.05, 4.69) is 28.0 Å². The maximum atomic E-state index is 13.6. The van der Waals surface area contributed by atoms with Crippen LogP contribution in [0.3, 0.4) is 0 Å². The van der Waals surface area contributed by atoms with Gasteiger partial charge in [-0.15, -0.1) is 11.8 Å². The zero-order chi connectivity index (χ0) is 14.5. The quantitative estimate of drug-likeness (QED) is 0.795. The molecule has 0 aliphatic heterocycles. The first-order valence-electron chi connectivity index (χ1n) is 6.47. The Morgan fingerprint density at radius 1 is 1.45 bits per heavy atom. The van der Waals surface area contributed by atoms with Crippen molar-refractivity contribution in [2.24, 2.45) is 5.73 Å². The summed E-state index contributed by atoms with van der Waals surface area (Å²) in [6.45, 7) is 2.93. The van der Waals surface area contributed by atoms with Crippen molar-refractivity contribution >= 4 is 27.7 Å². The Morgan fingerprint density at radius 3 is 2.90 bits per heavy atom. The highest BCUT2D eigenvalue weighted by atomic mass is 79.9. The molecular formula is C14H17BrFN3S. The van der Waals surface area contributed by atoms with E-state index in [0.717, 1.165) is 23.1 Å². The molecule has 6 heteroatoms. The van der Waals surface area contributed by atoms with Crippen LogP contribution >= 0.6 is 27.7 Å². The summed E-state index contributed by atoms with van der Waals surface area (Å²) < 4.78 is 16.4. The smallest absolute Gasteiger partial charge is 0.136 e. The number of thioether (sulfide) groups is 1. The Balaban J connectivity index is 2.07. The van der Waals surface area contributed by atoms with Crippen LogP contribution in [0.2, 0.25) is 0 Å². The van der Waals surface area contributed by atoms with Gasteiger partial charge in [0.2, 0.25) is 0 Å².